The molecular weight excluding hydrogens is 230 g/mol. The van der Waals surface area contributed by atoms with E-state index >= 15 is 0 Å². The number of amides is 1. The normalized spacial score (nSPS) is 41.4. The minimum absolute atomic E-state index is 0.0311. The van der Waals surface area contributed by atoms with Crippen LogP contribution in [0.1, 0.15) is 38.5 Å². The monoisotopic (exact) mass is 251 g/mol. The molecule has 2 bridgehead atoms. The molecule has 3 fully saturated rings. The van der Waals surface area contributed by atoms with Crippen molar-refractivity contribution < 1.29 is 14.7 Å². The van der Waals surface area contributed by atoms with E-state index in [4.69, 9.17) is 5.11 Å². The zero-order valence-electron chi connectivity index (χ0n) is 10.6. The average Bonchev–Trinajstić information content (AvgIpc) is 2.85. The highest BCUT2D eigenvalue weighted by atomic mass is 16.4. The molecule has 0 aromatic carbocycles. The highest BCUT2D eigenvalue weighted by Gasteiger charge is 2.43. The third-order valence-electron chi connectivity index (χ3n) is 5.35. The first kappa shape index (κ1) is 12.0. The van der Waals surface area contributed by atoms with Gasteiger partial charge in [-0.25, -0.2) is 0 Å². The van der Waals surface area contributed by atoms with Gasteiger partial charge in [-0.05, 0) is 49.9 Å². The van der Waals surface area contributed by atoms with Gasteiger partial charge in [-0.1, -0.05) is 6.42 Å². The van der Waals surface area contributed by atoms with Crippen LogP contribution in [-0.4, -0.2) is 23.5 Å². The summed E-state index contributed by atoms with van der Waals surface area (Å²) in [6, 6.07) is 0. The predicted molar refractivity (Wildman–Crippen MR) is 65.8 cm³/mol. The highest BCUT2D eigenvalue weighted by molar-refractivity contribution is 5.86. The van der Waals surface area contributed by atoms with Gasteiger partial charge in [0.15, 0.2) is 0 Å². The van der Waals surface area contributed by atoms with Crippen LogP contribution in [-0.2, 0) is 9.59 Å². The van der Waals surface area contributed by atoms with Crippen LogP contribution in [0.4, 0.5) is 0 Å². The molecule has 0 radical (unpaired) electrons. The summed E-state index contributed by atoms with van der Waals surface area (Å²) in [5.74, 6) is 0.791. The molecule has 4 heteroatoms. The number of aliphatic carboxylic acids is 1. The maximum atomic E-state index is 11.9. The summed E-state index contributed by atoms with van der Waals surface area (Å²) in [6.07, 6.45) is 6.70. The molecule has 4 nitrogen and oxygen atoms in total. The zero-order valence-corrected chi connectivity index (χ0v) is 10.6. The van der Waals surface area contributed by atoms with Crippen LogP contribution in [0.25, 0.3) is 0 Å². The van der Waals surface area contributed by atoms with E-state index < -0.39 is 11.9 Å². The van der Waals surface area contributed by atoms with Crippen molar-refractivity contribution >= 4 is 11.9 Å². The Labute approximate surface area is 107 Å². The fourth-order valence-electron chi connectivity index (χ4n) is 4.10. The van der Waals surface area contributed by atoms with Crippen molar-refractivity contribution in [2.45, 2.75) is 38.5 Å². The molecule has 5 atom stereocenters. The quantitative estimate of drug-likeness (QED) is 0.798. The number of hydrogen-bond donors (Lipinski definition) is 2. The minimum Gasteiger partial charge on any atom is -0.481 e. The second-order valence-corrected chi connectivity index (χ2v) is 6.31. The number of nitrogens with one attached hydrogen (secondary N) is 1. The molecule has 5 unspecified atom stereocenters. The molecule has 0 saturated heterocycles. The van der Waals surface area contributed by atoms with Crippen LogP contribution in [0.3, 0.4) is 0 Å². The number of carbonyl (C=O) groups is 2. The predicted octanol–water partition coefficient (Wildman–Crippen LogP) is 1.65. The molecule has 0 spiro atoms. The third-order valence-corrected chi connectivity index (χ3v) is 5.35. The summed E-state index contributed by atoms with van der Waals surface area (Å²) in [6.45, 7) is 0.767. The summed E-state index contributed by atoms with van der Waals surface area (Å²) in [7, 11) is 0. The van der Waals surface area contributed by atoms with Crippen molar-refractivity contribution in [2.75, 3.05) is 6.54 Å². The van der Waals surface area contributed by atoms with Gasteiger partial charge < -0.3 is 10.4 Å². The summed E-state index contributed by atoms with van der Waals surface area (Å²) in [5, 5.41) is 11.9. The molecule has 3 saturated carbocycles. The van der Waals surface area contributed by atoms with Crippen LogP contribution in [0.5, 0.6) is 0 Å². The van der Waals surface area contributed by atoms with Gasteiger partial charge in [0, 0.05) is 6.54 Å². The number of hydrogen-bond acceptors (Lipinski definition) is 2. The molecule has 1 amide bonds. The topological polar surface area (TPSA) is 66.4 Å². The average molecular weight is 251 g/mol. The number of fused-ring (bicyclic) bond motifs is 2. The van der Waals surface area contributed by atoms with Gasteiger partial charge in [0.05, 0.1) is 11.8 Å². The third kappa shape index (κ3) is 2.02. The van der Waals surface area contributed by atoms with Gasteiger partial charge in [0.2, 0.25) is 5.91 Å². The lowest BCUT2D eigenvalue weighted by atomic mass is 9.73. The minimum atomic E-state index is -0.818. The Morgan fingerprint density at radius 2 is 1.83 bits per heavy atom. The largest absolute Gasteiger partial charge is 0.481 e. The Bertz CT molecular complexity index is 368. The van der Waals surface area contributed by atoms with E-state index in [1.807, 2.05) is 0 Å². The van der Waals surface area contributed by atoms with Crippen LogP contribution < -0.4 is 5.32 Å². The lowest BCUT2D eigenvalue weighted by molar-refractivity contribution is -0.152. The smallest absolute Gasteiger partial charge is 0.307 e. The lowest BCUT2D eigenvalue weighted by Gasteiger charge is -2.32. The van der Waals surface area contributed by atoms with Crippen molar-refractivity contribution in [1.29, 1.82) is 0 Å². The van der Waals surface area contributed by atoms with E-state index in [2.05, 4.69) is 5.32 Å². The number of carboxylic acids is 1. The first-order chi connectivity index (χ1) is 8.65. The zero-order chi connectivity index (χ0) is 12.7. The second-order valence-electron chi connectivity index (χ2n) is 6.31. The van der Waals surface area contributed by atoms with Crippen molar-refractivity contribution in [1.82, 2.24) is 5.32 Å². The Morgan fingerprint density at radius 1 is 1.06 bits per heavy atom. The van der Waals surface area contributed by atoms with Gasteiger partial charge >= 0.3 is 5.97 Å². The Morgan fingerprint density at radius 3 is 2.33 bits per heavy atom. The maximum Gasteiger partial charge on any atom is 0.307 e. The summed E-state index contributed by atoms with van der Waals surface area (Å²) >= 11 is 0. The van der Waals surface area contributed by atoms with Crippen molar-refractivity contribution in [3.63, 3.8) is 0 Å². The highest BCUT2D eigenvalue weighted by Crippen LogP contribution is 2.48. The van der Waals surface area contributed by atoms with Crippen LogP contribution >= 0.6 is 0 Å². The van der Waals surface area contributed by atoms with E-state index in [0.717, 1.165) is 24.8 Å². The SMILES string of the molecule is O=C(O)C1CCC1C(=O)NCC1CC2CCC1C2. The van der Waals surface area contributed by atoms with E-state index in [0.29, 0.717) is 12.3 Å². The van der Waals surface area contributed by atoms with Gasteiger partial charge in [0.25, 0.3) is 0 Å². The van der Waals surface area contributed by atoms with E-state index in [1.54, 1.807) is 0 Å². The molecule has 100 valence electrons. The van der Waals surface area contributed by atoms with Crippen LogP contribution in [0, 0.1) is 29.6 Å². The first-order valence-corrected chi connectivity index (χ1v) is 7.15. The number of carbonyl (C=O) groups excluding carboxylic acids is 1. The fourth-order valence-corrected chi connectivity index (χ4v) is 4.10. The second kappa shape index (κ2) is 4.56. The van der Waals surface area contributed by atoms with Gasteiger partial charge in [-0.2, -0.15) is 0 Å². The Hall–Kier alpha value is -1.06. The molecule has 0 heterocycles. The fraction of sp³-hybridized carbons (Fsp3) is 0.857. The molecule has 3 rings (SSSR count). The Kier molecular flexibility index (Phi) is 3.04. The molecule has 18 heavy (non-hydrogen) atoms. The van der Waals surface area contributed by atoms with E-state index in [1.165, 1.54) is 25.7 Å². The van der Waals surface area contributed by atoms with Gasteiger partial charge in [-0.3, -0.25) is 9.59 Å². The van der Waals surface area contributed by atoms with E-state index in [-0.39, 0.29) is 11.8 Å². The standard InChI is InChI=1S/C14H21NO3/c16-13(11-3-4-12(11)14(17)18)15-7-10-6-8-1-2-9(10)5-8/h8-12H,1-7H2,(H,15,16)(H,17,18). The molecular formula is C14H21NO3. The van der Waals surface area contributed by atoms with Crippen LogP contribution in [0.15, 0.2) is 0 Å². The van der Waals surface area contributed by atoms with Crippen molar-refractivity contribution in [3.05, 3.63) is 0 Å². The number of carboxylic acid groups (broad SMARTS) is 1. The van der Waals surface area contributed by atoms with Crippen molar-refractivity contribution in [2.24, 2.45) is 29.6 Å². The summed E-state index contributed by atoms with van der Waals surface area (Å²) < 4.78 is 0. The molecule has 3 aliphatic carbocycles. The van der Waals surface area contributed by atoms with E-state index in [9.17, 15) is 9.59 Å². The van der Waals surface area contributed by atoms with Crippen LogP contribution in [0.2, 0.25) is 0 Å². The number of rotatable bonds is 4. The maximum absolute atomic E-state index is 11.9. The summed E-state index contributed by atoms with van der Waals surface area (Å²) in [5.41, 5.74) is 0. The molecule has 0 aromatic rings. The molecule has 0 aliphatic heterocycles. The molecule has 3 aliphatic rings. The Balaban J connectivity index is 1.46. The molecule has 0 aromatic heterocycles. The summed E-state index contributed by atoms with van der Waals surface area (Å²) in [4.78, 5) is 22.8. The van der Waals surface area contributed by atoms with Crippen molar-refractivity contribution in [3.8, 4) is 0 Å². The lowest BCUT2D eigenvalue weighted by Crippen LogP contribution is -2.45. The first-order valence-electron chi connectivity index (χ1n) is 7.15. The van der Waals surface area contributed by atoms with Gasteiger partial charge in [0.1, 0.15) is 0 Å². The van der Waals surface area contributed by atoms with Gasteiger partial charge in [-0.15, -0.1) is 0 Å². The molecule has 2 N–H and O–H groups in total.